The lowest BCUT2D eigenvalue weighted by molar-refractivity contribution is -0.128. The van der Waals surface area contributed by atoms with Gasteiger partial charge in [-0.05, 0) is 47.4 Å². The Balaban J connectivity index is 2.07. The van der Waals surface area contributed by atoms with Crippen LogP contribution in [-0.4, -0.2) is 13.1 Å². The molecule has 0 saturated carbocycles. The first kappa shape index (κ1) is 18.3. The summed E-state index contributed by atoms with van der Waals surface area (Å²) in [6.45, 7) is 6.42. The molecule has 0 radical (unpaired) electrons. The monoisotopic (exact) mass is 388 g/mol. The highest BCUT2D eigenvalue weighted by Gasteiger charge is 2.13. The molecule has 0 aliphatic rings. The van der Waals surface area contributed by atoms with Gasteiger partial charge in [-0.1, -0.05) is 48.8 Å². The van der Waals surface area contributed by atoms with Crippen LogP contribution in [0.15, 0.2) is 53.0 Å². The van der Waals surface area contributed by atoms with Crippen molar-refractivity contribution in [3.05, 3.63) is 64.1 Å². The minimum atomic E-state index is -0.430. The molecule has 0 unspecified atom stereocenters. The van der Waals surface area contributed by atoms with Crippen LogP contribution in [0.25, 0.3) is 6.08 Å². The van der Waals surface area contributed by atoms with E-state index in [0.29, 0.717) is 11.5 Å². The maximum Gasteiger partial charge on any atom is 0.336 e. The summed E-state index contributed by atoms with van der Waals surface area (Å²) in [5.41, 5.74) is 2.06. The molecular weight excluding hydrogens is 368 g/mol. The number of ether oxygens (including phenoxy) is 2. The van der Waals surface area contributed by atoms with E-state index in [1.54, 1.807) is 13.2 Å². The molecule has 0 aromatic heterocycles. The predicted molar refractivity (Wildman–Crippen MR) is 101 cm³/mol. The van der Waals surface area contributed by atoms with Crippen molar-refractivity contribution in [2.75, 3.05) is 7.11 Å². The Morgan fingerprint density at radius 3 is 2.33 bits per heavy atom. The largest absolute Gasteiger partial charge is 0.496 e. The number of halogens is 1. The van der Waals surface area contributed by atoms with E-state index >= 15 is 0 Å². The minimum Gasteiger partial charge on any atom is -0.496 e. The van der Waals surface area contributed by atoms with Crippen LogP contribution in [0.1, 0.15) is 31.9 Å². The van der Waals surface area contributed by atoms with Gasteiger partial charge in [-0.25, -0.2) is 4.79 Å². The molecule has 2 rings (SSSR count). The average Bonchev–Trinajstić information content (AvgIpc) is 2.53. The van der Waals surface area contributed by atoms with E-state index in [9.17, 15) is 4.79 Å². The number of methoxy groups -OCH3 is 1. The summed E-state index contributed by atoms with van der Waals surface area (Å²) in [4.78, 5) is 12.0. The topological polar surface area (TPSA) is 35.5 Å². The van der Waals surface area contributed by atoms with Crippen LogP contribution in [0.4, 0.5) is 0 Å². The summed E-state index contributed by atoms with van der Waals surface area (Å²) in [7, 11) is 1.59. The minimum absolute atomic E-state index is 0.0691. The SMILES string of the molecule is COc1ccc(Br)cc1/C=C/C(=O)Oc1ccc(C(C)(C)C)cc1. The zero-order valence-electron chi connectivity index (χ0n) is 14.3. The van der Waals surface area contributed by atoms with Gasteiger partial charge in [0.1, 0.15) is 11.5 Å². The predicted octanol–water partition coefficient (Wildman–Crippen LogP) is 5.37. The Morgan fingerprint density at radius 1 is 1.08 bits per heavy atom. The summed E-state index contributed by atoms with van der Waals surface area (Å²) < 4.78 is 11.5. The molecule has 0 atom stereocenters. The number of hydrogen-bond acceptors (Lipinski definition) is 3. The number of benzene rings is 2. The molecule has 0 bridgehead atoms. The first-order valence-electron chi connectivity index (χ1n) is 7.63. The summed E-state index contributed by atoms with van der Waals surface area (Å²) in [5.74, 6) is 0.788. The van der Waals surface area contributed by atoms with Gasteiger partial charge in [0.05, 0.1) is 7.11 Å². The summed E-state index contributed by atoms with van der Waals surface area (Å²) in [6, 6.07) is 13.2. The van der Waals surface area contributed by atoms with Crippen LogP contribution in [0.5, 0.6) is 11.5 Å². The van der Waals surface area contributed by atoms with Crippen molar-refractivity contribution in [2.24, 2.45) is 0 Å². The van der Waals surface area contributed by atoms with E-state index in [0.717, 1.165) is 10.0 Å². The van der Waals surface area contributed by atoms with Gasteiger partial charge in [0.15, 0.2) is 0 Å². The Hall–Kier alpha value is -2.07. The normalized spacial score (nSPS) is 11.5. The molecule has 0 N–H and O–H groups in total. The molecule has 2 aromatic carbocycles. The van der Waals surface area contributed by atoms with Crippen molar-refractivity contribution in [1.82, 2.24) is 0 Å². The van der Waals surface area contributed by atoms with Crippen molar-refractivity contribution in [3.63, 3.8) is 0 Å². The Labute approximate surface area is 151 Å². The van der Waals surface area contributed by atoms with Crippen LogP contribution in [0.3, 0.4) is 0 Å². The second-order valence-corrected chi connectivity index (χ2v) is 7.33. The molecule has 3 nitrogen and oxygen atoms in total. The van der Waals surface area contributed by atoms with E-state index in [2.05, 4.69) is 36.7 Å². The van der Waals surface area contributed by atoms with Crippen molar-refractivity contribution >= 4 is 28.0 Å². The lowest BCUT2D eigenvalue weighted by Crippen LogP contribution is -2.11. The lowest BCUT2D eigenvalue weighted by atomic mass is 9.87. The number of carbonyl (C=O) groups is 1. The molecule has 0 amide bonds. The highest BCUT2D eigenvalue weighted by Crippen LogP contribution is 2.25. The maximum atomic E-state index is 12.0. The molecule has 0 spiro atoms. The Morgan fingerprint density at radius 2 is 1.75 bits per heavy atom. The van der Waals surface area contributed by atoms with Crippen LogP contribution < -0.4 is 9.47 Å². The van der Waals surface area contributed by atoms with E-state index in [1.807, 2.05) is 42.5 Å². The zero-order valence-corrected chi connectivity index (χ0v) is 15.9. The van der Waals surface area contributed by atoms with Crippen molar-refractivity contribution in [1.29, 1.82) is 0 Å². The average molecular weight is 389 g/mol. The summed E-state index contributed by atoms with van der Waals surface area (Å²) in [6.07, 6.45) is 3.07. The lowest BCUT2D eigenvalue weighted by Gasteiger charge is -2.18. The summed E-state index contributed by atoms with van der Waals surface area (Å²) in [5, 5.41) is 0. The highest BCUT2D eigenvalue weighted by atomic mass is 79.9. The van der Waals surface area contributed by atoms with E-state index in [-0.39, 0.29) is 5.41 Å². The smallest absolute Gasteiger partial charge is 0.336 e. The number of hydrogen-bond donors (Lipinski definition) is 0. The molecule has 0 aliphatic heterocycles. The third-order valence-corrected chi connectivity index (χ3v) is 4.02. The molecule has 0 aliphatic carbocycles. The highest BCUT2D eigenvalue weighted by molar-refractivity contribution is 9.10. The van der Waals surface area contributed by atoms with Gasteiger partial charge < -0.3 is 9.47 Å². The third-order valence-electron chi connectivity index (χ3n) is 3.53. The number of rotatable bonds is 4. The van der Waals surface area contributed by atoms with Gasteiger partial charge in [0.25, 0.3) is 0 Å². The van der Waals surface area contributed by atoms with Crippen molar-refractivity contribution < 1.29 is 14.3 Å². The van der Waals surface area contributed by atoms with Gasteiger partial charge in [-0.3, -0.25) is 0 Å². The molecular formula is C20H21BrO3. The molecule has 0 heterocycles. The standard InChI is InChI=1S/C20H21BrO3/c1-20(2,3)15-6-9-17(10-7-15)24-19(22)12-5-14-13-16(21)8-11-18(14)23-4/h5-13H,1-4H3/b12-5+. The Bertz CT molecular complexity index is 740. The molecule has 2 aromatic rings. The van der Waals surface area contributed by atoms with E-state index in [1.165, 1.54) is 11.6 Å². The molecule has 126 valence electrons. The quantitative estimate of drug-likeness (QED) is 0.401. The first-order valence-corrected chi connectivity index (χ1v) is 8.43. The Kier molecular flexibility index (Phi) is 5.84. The van der Waals surface area contributed by atoms with Crippen molar-refractivity contribution in [3.8, 4) is 11.5 Å². The van der Waals surface area contributed by atoms with Crippen LogP contribution in [-0.2, 0) is 10.2 Å². The van der Waals surface area contributed by atoms with Gasteiger partial charge in [-0.15, -0.1) is 0 Å². The number of esters is 1. The molecule has 24 heavy (non-hydrogen) atoms. The van der Waals surface area contributed by atoms with Crippen molar-refractivity contribution in [2.45, 2.75) is 26.2 Å². The third kappa shape index (κ3) is 4.96. The summed E-state index contributed by atoms with van der Waals surface area (Å²) >= 11 is 3.40. The maximum absolute atomic E-state index is 12.0. The van der Waals surface area contributed by atoms with Crippen LogP contribution in [0.2, 0.25) is 0 Å². The second-order valence-electron chi connectivity index (χ2n) is 6.42. The fourth-order valence-corrected chi connectivity index (χ4v) is 2.55. The zero-order chi connectivity index (χ0) is 17.7. The van der Waals surface area contributed by atoms with E-state index in [4.69, 9.17) is 9.47 Å². The van der Waals surface area contributed by atoms with Gasteiger partial charge in [-0.2, -0.15) is 0 Å². The molecule has 0 fully saturated rings. The second kappa shape index (κ2) is 7.67. The van der Waals surface area contributed by atoms with E-state index < -0.39 is 5.97 Å². The van der Waals surface area contributed by atoms with Gasteiger partial charge in [0.2, 0.25) is 0 Å². The number of carbonyl (C=O) groups excluding carboxylic acids is 1. The van der Waals surface area contributed by atoms with Gasteiger partial charge >= 0.3 is 5.97 Å². The molecule has 0 saturated heterocycles. The fraction of sp³-hybridized carbons (Fsp3) is 0.250. The van der Waals surface area contributed by atoms with Crippen LogP contribution >= 0.6 is 15.9 Å². The fourth-order valence-electron chi connectivity index (χ4n) is 2.17. The first-order chi connectivity index (χ1) is 11.3. The molecule has 4 heteroatoms. The van der Waals surface area contributed by atoms with Crippen LogP contribution in [0, 0.1) is 0 Å². The van der Waals surface area contributed by atoms with Gasteiger partial charge in [0, 0.05) is 16.1 Å².